The number of thiocarbonyl (C=S) groups is 1. The molecule has 0 bridgehead atoms. The minimum Gasteiger partial charge on any atom is -0.340 e. The van der Waals surface area contributed by atoms with Crippen LogP contribution in [-0.4, -0.2) is 32.8 Å². The number of amides is 1. The molecule has 3 aromatic rings. The van der Waals surface area contributed by atoms with E-state index in [2.05, 4.69) is 30.5 Å². The first kappa shape index (κ1) is 22.6. The van der Waals surface area contributed by atoms with Crippen molar-refractivity contribution in [3.63, 3.8) is 0 Å². The molecule has 8 heteroatoms. The minimum absolute atomic E-state index is 0.155. The first-order valence-corrected chi connectivity index (χ1v) is 12.8. The molecule has 2 aromatic carbocycles. The van der Waals surface area contributed by atoms with E-state index in [-0.39, 0.29) is 11.5 Å². The van der Waals surface area contributed by atoms with Crippen LogP contribution in [0.15, 0.2) is 78.1 Å². The minimum atomic E-state index is -0.200. The van der Waals surface area contributed by atoms with Crippen LogP contribution in [0, 0.1) is 0 Å². The molecule has 1 amide bonds. The number of thiazole rings is 1. The van der Waals surface area contributed by atoms with Crippen LogP contribution >= 0.6 is 35.3 Å². The normalized spacial score (nSPS) is 18.5. The summed E-state index contributed by atoms with van der Waals surface area (Å²) in [4.78, 5) is 31.3. The molecule has 0 radical (unpaired) electrons. The van der Waals surface area contributed by atoms with Gasteiger partial charge in [-0.15, -0.1) is 17.9 Å². The summed E-state index contributed by atoms with van der Waals surface area (Å²) in [5.41, 5.74) is 3.55. The lowest BCUT2D eigenvalue weighted by Crippen LogP contribution is -2.36. The van der Waals surface area contributed by atoms with E-state index in [4.69, 9.17) is 12.2 Å². The number of fused-ring (bicyclic) bond motifs is 1. The molecule has 2 aliphatic heterocycles. The highest BCUT2D eigenvalue weighted by Crippen LogP contribution is 2.32. The van der Waals surface area contributed by atoms with Crippen molar-refractivity contribution in [3.05, 3.63) is 98.4 Å². The Morgan fingerprint density at radius 2 is 1.74 bits per heavy atom. The third-order valence-electron chi connectivity index (χ3n) is 5.66. The van der Waals surface area contributed by atoms with Gasteiger partial charge in [-0.05, 0) is 36.8 Å². The molecule has 34 heavy (non-hydrogen) atoms. The number of thioether (sulfide) groups is 1. The third-order valence-corrected chi connectivity index (χ3v) is 8.39. The Balaban J connectivity index is 1.85. The molecule has 1 fully saturated rings. The van der Waals surface area contributed by atoms with E-state index < -0.39 is 0 Å². The van der Waals surface area contributed by atoms with Gasteiger partial charge in [-0.25, -0.2) is 0 Å². The topological polar surface area (TPSA) is 45.6 Å². The van der Waals surface area contributed by atoms with Gasteiger partial charge in [-0.2, -0.15) is 0 Å². The van der Waals surface area contributed by atoms with Crippen LogP contribution in [0.1, 0.15) is 12.5 Å². The van der Waals surface area contributed by atoms with Crippen molar-refractivity contribution in [2.45, 2.75) is 6.92 Å². The summed E-state index contributed by atoms with van der Waals surface area (Å²) in [6.07, 6.45) is 5.67. The molecule has 5 rings (SSSR count). The van der Waals surface area contributed by atoms with Gasteiger partial charge in [0.15, 0.2) is 0 Å². The third kappa shape index (κ3) is 3.68. The molecule has 0 aliphatic carbocycles. The lowest BCUT2D eigenvalue weighted by molar-refractivity contribution is -0.120. The van der Waals surface area contributed by atoms with E-state index in [1.165, 1.54) is 28.0 Å². The highest BCUT2D eigenvalue weighted by Gasteiger charge is 2.33. The van der Waals surface area contributed by atoms with Crippen LogP contribution in [0.2, 0.25) is 0 Å². The fourth-order valence-electron chi connectivity index (χ4n) is 4.12. The summed E-state index contributed by atoms with van der Waals surface area (Å²) in [5, 5.41) is 0. The van der Waals surface area contributed by atoms with Crippen molar-refractivity contribution in [2.24, 2.45) is 0 Å². The van der Waals surface area contributed by atoms with Gasteiger partial charge >= 0.3 is 0 Å². The summed E-state index contributed by atoms with van der Waals surface area (Å²) >= 11 is 8.03. The van der Waals surface area contributed by atoms with Crippen molar-refractivity contribution in [2.75, 3.05) is 18.0 Å². The van der Waals surface area contributed by atoms with Crippen LogP contribution in [0.5, 0.6) is 0 Å². The highest BCUT2D eigenvalue weighted by atomic mass is 32.2. The van der Waals surface area contributed by atoms with Crippen LogP contribution in [0.25, 0.3) is 22.4 Å². The van der Waals surface area contributed by atoms with E-state index in [9.17, 15) is 9.59 Å². The molecule has 1 aromatic heterocycles. The van der Waals surface area contributed by atoms with Crippen molar-refractivity contribution in [1.82, 2.24) is 9.47 Å². The number of carbonyl (C=O) groups excluding carboxylic acids is 1. The Hall–Kier alpha value is -3.20. The zero-order valence-corrected chi connectivity index (χ0v) is 20.9. The van der Waals surface area contributed by atoms with Crippen LogP contribution in [0.3, 0.4) is 0 Å². The summed E-state index contributed by atoms with van der Waals surface area (Å²) in [5.74, 6) is -0.200. The molecule has 0 N–H and O–H groups in total. The quantitative estimate of drug-likeness (QED) is 0.401. The number of rotatable bonds is 4. The Morgan fingerprint density at radius 3 is 2.47 bits per heavy atom. The van der Waals surface area contributed by atoms with Crippen molar-refractivity contribution < 1.29 is 4.79 Å². The Labute approximate surface area is 210 Å². The molecule has 5 nitrogen and oxygen atoms in total. The second-order valence-electron chi connectivity index (χ2n) is 7.64. The number of likely N-dealkylation sites (N-methyl/N-ethyl adjacent to an activating group) is 1. The Bertz CT molecular complexity index is 1530. The standard InChI is InChI=1S/C26H21N3O2S3/c1-3-16-28-23(30)22(34-26(28)32)25-29(18-11-6-5-7-12-18)24(31)21(33-25)20-15-14-17-10-8-9-13-19(17)27(20)4-2/h3,5-15H,1,4,16H2,2H3. The molecule has 170 valence electrons. The predicted molar refractivity (Wildman–Crippen MR) is 147 cm³/mol. The fourth-order valence-corrected chi connectivity index (χ4v) is 6.71. The number of hydrogen-bond donors (Lipinski definition) is 0. The molecule has 3 heterocycles. The highest BCUT2D eigenvalue weighted by molar-refractivity contribution is 8.30. The van der Waals surface area contributed by atoms with Gasteiger partial charge in [-0.1, -0.05) is 72.5 Å². The van der Waals surface area contributed by atoms with E-state index in [0.717, 1.165) is 16.9 Å². The second kappa shape index (κ2) is 9.21. The SMILES string of the molecule is C=CCN1C(=O)C(=c2sc(=C3C=Cc4ccccc4N3CC)c(=O)n2-c2ccccc2)SC1=S. The van der Waals surface area contributed by atoms with Crippen molar-refractivity contribution in [1.29, 1.82) is 0 Å². The van der Waals surface area contributed by atoms with Crippen LogP contribution in [0.4, 0.5) is 5.69 Å². The molecular weight excluding hydrogens is 483 g/mol. The number of aromatic nitrogens is 1. The van der Waals surface area contributed by atoms with Crippen LogP contribution in [-0.2, 0) is 4.79 Å². The fraction of sp³-hybridized carbons (Fsp3) is 0.115. The number of anilines is 1. The second-order valence-corrected chi connectivity index (χ2v) is 10.3. The van der Waals surface area contributed by atoms with Crippen molar-refractivity contribution in [3.8, 4) is 5.69 Å². The van der Waals surface area contributed by atoms with E-state index >= 15 is 0 Å². The average molecular weight is 504 g/mol. The molecular formula is C26H21N3O2S3. The maximum Gasteiger partial charge on any atom is 0.275 e. The van der Waals surface area contributed by atoms with Gasteiger partial charge in [0, 0.05) is 18.8 Å². The van der Waals surface area contributed by atoms with Crippen molar-refractivity contribution >= 4 is 67.9 Å². The van der Waals surface area contributed by atoms with Gasteiger partial charge in [-0.3, -0.25) is 19.1 Å². The summed E-state index contributed by atoms with van der Waals surface area (Å²) in [6, 6.07) is 17.5. The maximum atomic E-state index is 13.9. The molecule has 0 saturated carbocycles. The molecule has 0 atom stereocenters. The summed E-state index contributed by atoms with van der Waals surface area (Å²) in [7, 11) is 0. The van der Waals surface area contributed by atoms with E-state index in [1.54, 1.807) is 10.6 Å². The lowest BCUT2D eigenvalue weighted by atomic mass is 10.1. The molecule has 2 aliphatic rings. The summed E-state index contributed by atoms with van der Waals surface area (Å²) in [6.45, 7) is 6.84. The largest absolute Gasteiger partial charge is 0.340 e. The predicted octanol–water partition coefficient (Wildman–Crippen LogP) is 3.72. The van der Waals surface area contributed by atoms with E-state index in [0.29, 0.717) is 37.2 Å². The maximum absolute atomic E-state index is 13.9. The average Bonchev–Trinajstić information content (AvgIpc) is 3.35. The monoisotopic (exact) mass is 503 g/mol. The van der Waals surface area contributed by atoms with Gasteiger partial charge in [0.2, 0.25) is 0 Å². The Morgan fingerprint density at radius 1 is 1.00 bits per heavy atom. The smallest absolute Gasteiger partial charge is 0.275 e. The zero-order valence-electron chi connectivity index (χ0n) is 18.4. The number of benzene rings is 2. The first-order valence-electron chi connectivity index (χ1n) is 10.8. The van der Waals surface area contributed by atoms with Gasteiger partial charge in [0.25, 0.3) is 11.5 Å². The molecule has 1 saturated heterocycles. The van der Waals surface area contributed by atoms with Gasteiger partial charge in [0.05, 0.1) is 11.4 Å². The summed E-state index contributed by atoms with van der Waals surface area (Å²) < 4.78 is 3.28. The first-order chi connectivity index (χ1) is 16.5. The zero-order chi connectivity index (χ0) is 23.8. The Kier molecular flexibility index (Phi) is 6.12. The molecule has 0 unspecified atom stereocenters. The number of nitrogens with zero attached hydrogens (tertiary/aromatic N) is 3. The van der Waals surface area contributed by atoms with Gasteiger partial charge in [0.1, 0.15) is 18.4 Å². The number of hydrogen-bond acceptors (Lipinski definition) is 6. The lowest BCUT2D eigenvalue weighted by Gasteiger charge is -2.28. The van der Waals surface area contributed by atoms with Gasteiger partial charge < -0.3 is 4.90 Å². The number of para-hydroxylation sites is 2. The van der Waals surface area contributed by atoms with Crippen LogP contribution < -0.4 is 19.7 Å². The number of carbonyl (C=O) groups is 1. The van der Waals surface area contributed by atoms with E-state index in [1.807, 2.05) is 54.6 Å². The molecule has 0 spiro atoms.